The number of benzene rings is 1. The van der Waals surface area contributed by atoms with E-state index in [1.807, 2.05) is 13.0 Å². The zero-order valence-corrected chi connectivity index (χ0v) is 13.0. The lowest BCUT2D eigenvalue weighted by molar-refractivity contribution is 0.101. The van der Waals surface area contributed by atoms with E-state index in [0.717, 1.165) is 38.8 Å². The maximum absolute atomic E-state index is 14.2. The predicted octanol–water partition coefficient (Wildman–Crippen LogP) is 3.83. The van der Waals surface area contributed by atoms with E-state index < -0.39 is 0 Å². The Morgan fingerprint density at radius 2 is 2.33 bits per heavy atom. The van der Waals surface area contributed by atoms with Crippen LogP contribution in [-0.2, 0) is 4.74 Å². The maximum atomic E-state index is 14.2. The summed E-state index contributed by atoms with van der Waals surface area (Å²) < 4.78 is 25.2. The molecule has 1 aliphatic rings. The molecule has 0 amide bonds. The molecule has 1 aromatic carbocycles. The van der Waals surface area contributed by atoms with Gasteiger partial charge in [0.05, 0.1) is 13.2 Å². The number of hydrogen-bond donors (Lipinski definition) is 1. The van der Waals surface area contributed by atoms with E-state index in [9.17, 15) is 4.39 Å². The number of ether oxygens (including phenoxy) is 2. The molecule has 1 aliphatic heterocycles. The van der Waals surface area contributed by atoms with Gasteiger partial charge in [-0.15, -0.1) is 0 Å². The molecule has 0 aromatic heterocycles. The minimum atomic E-state index is -0.197. The van der Waals surface area contributed by atoms with Crippen LogP contribution < -0.4 is 10.1 Å². The van der Waals surface area contributed by atoms with Crippen molar-refractivity contribution < 1.29 is 13.9 Å². The van der Waals surface area contributed by atoms with Gasteiger partial charge in [0.1, 0.15) is 11.6 Å². The third-order valence-electron chi connectivity index (χ3n) is 4.07. The van der Waals surface area contributed by atoms with E-state index in [4.69, 9.17) is 9.47 Å². The molecule has 2 rings (SSSR count). The zero-order chi connectivity index (χ0) is 15.1. The Labute approximate surface area is 126 Å². The molecule has 1 N–H and O–H groups in total. The van der Waals surface area contributed by atoms with Crippen LogP contribution in [0.1, 0.15) is 50.6 Å². The first-order valence-electron chi connectivity index (χ1n) is 7.93. The van der Waals surface area contributed by atoms with Crippen LogP contribution in [0.5, 0.6) is 5.75 Å². The van der Waals surface area contributed by atoms with Crippen molar-refractivity contribution in [2.45, 2.75) is 51.2 Å². The first kappa shape index (κ1) is 16.2. The lowest BCUT2D eigenvalue weighted by Crippen LogP contribution is -2.23. The molecule has 2 atom stereocenters. The molecule has 1 heterocycles. The van der Waals surface area contributed by atoms with Gasteiger partial charge in [0.2, 0.25) is 0 Å². The summed E-state index contributed by atoms with van der Waals surface area (Å²) in [5.74, 6) is 0.426. The van der Waals surface area contributed by atoms with E-state index in [1.54, 1.807) is 13.2 Å². The van der Waals surface area contributed by atoms with Crippen LogP contribution >= 0.6 is 0 Å². The van der Waals surface area contributed by atoms with Crippen molar-refractivity contribution in [3.8, 4) is 5.75 Å². The average molecular weight is 295 g/mol. The third-order valence-corrected chi connectivity index (χ3v) is 4.07. The summed E-state index contributed by atoms with van der Waals surface area (Å²) in [6.45, 7) is 3.74. The Bertz CT molecular complexity index is 433. The molecule has 0 spiro atoms. The van der Waals surface area contributed by atoms with Crippen LogP contribution in [0.25, 0.3) is 0 Å². The summed E-state index contributed by atoms with van der Waals surface area (Å²) in [6, 6.07) is 5.01. The van der Waals surface area contributed by atoms with Crippen molar-refractivity contribution in [3.05, 3.63) is 29.6 Å². The van der Waals surface area contributed by atoms with E-state index in [1.165, 1.54) is 12.5 Å². The van der Waals surface area contributed by atoms with Crippen molar-refractivity contribution in [2.24, 2.45) is 0 Å². The van der Waals surface area contributed by atoms with Crippen LogP contribution in [-0.4, -0.2) is 26.4 Å². The topological polar surface area (TPSA) is 30.5 Å². The average Bonchev–Trinajstić information content (AvgIpc) is 2.99. The summed E-state index contributed by atoms with van der Waals surface area (Å²) in [4.78, 5) is 0. The van der Waals surface area contributed by atoms with Crippen LogP contribution in [0, 0.1) is 5.82 Å². The minimum Gasteiger partial charge on any atom is -0.496 e. The van der Waals surface area contributed by atoms with Crippen LogP contribution in [0.3, 0.4) is 0 Å². The first-order chi connectivity index (χ1) is 10.3. The molecule has 0 saturated carbocycles. The van der Waals surface area contributed by atoms with Gasteiger partial charge < -0.3 is 14.8 Å². The highest BCUT2D eigenvalue weighted by Gasteiger charge is 2.21. The molecule has 118 valence electrons. The second kappa shape index (κ2) is 8.35. The van der Waals surface area contributed by atoms with Crippen molar-refractivity contribution in [1.82, 2.24) is 5.32 Å². The Morgan fingerprint density at radius 3 is 3.00 bits per heavy atom. The zero-order valence-electron chi connectivity index (χ0n) is 13.0. The van der Waals surface area contributed by atoms with Gasteiger partial charge in [-0.25, -0.2) is 4.39 Å². The molecule has 3 nitrogen and oxygen atoms in total. The quantitative estimate of drug-likeness (QED) is 0.790. The number of nitrogens with one attached hydrogen (secondary N) is 1. The molecule has 1 saturated heterocycles. The fraction of sp³-hybridized carbons (Fsp3) is 0.647. The Balaban J connectivity index is 2.00. The van der Waals surface area contributed by atoms with Crippen molar-refractivity contribution in [1.29, 1.82) is 0 Å². The van der Waals surface area contributed by atoms with Gasteiger partial charge in [-0.05, 0) is 50.8 Å². The van der Waals surface area contributed by atoms with Gasteiger partial charge in [0.25, 0.3) is 0 Å². The summed E-state index contributed by atoms with van der Waals surface area (Å²) in [5, 5.41) is 3.38. The SMILES string of the molecule is CCNC(CCCC1CCCO1)c1c(F)cccc1OC. The van der Waals surface area contributed by atoms with Crippen LogP contribution in [0.2, 0.25) is 0 Å². The highest BCUT2D eigenvalue weighted by molar-refractivity contribution is 5.37. The molecular formula is C17H26FNO2. The molecule has 0 bridgehead atoms. The summed E-state index contributed by atoms with van der Waals surface area (Å²) in [6.07, 6.45) is 5.70. The number of halogens is 1. The largest absolute Gasteiger partial charge is 0.496 e. The molecule has 0 radical (unpaired) electrons. The van der Waals surface area contributed by atoms with E-state index in [2.05, 4.69) is 5.32 Å². The monoisotopic (exact) mass is 295 g/mol. The Kier molecular flexibility index (Phi) is 6.46. The lowest BCUT2D eigenvalue weighted by Gasteiger charge is -2.22. The molecular weight excluding hydrogens is 269 g/mol. The van der Waals surface area contributed by atoms with Gasteiger partial charge in [-0.3, -0.25) is 0 Å². The molecule has 1 fully saturated rings. The highest BCUT2D eigenvalue weighted by Crippen LogP contribution is 2.31. The molecule has 1 aromatic rings. The van der Waals surface area contributed by atoms with Gasteiger partial charge >= 0.3 is 0 Å². The van der Waals surface area contributed by atoms with Gasteiger partial charge in [0.15, 0.2) is 0 Å². The normalized spacial score (nSPS) is 19.7. The second-order valence-corrected chi connectivity index (χ2v) is 5.53. The van der Waals surface area contributed by atoms with Crippen molar-refractivity contribution in [2.75, 3.05) is 20.3 Å². The number of hydrogen-bond acceptors (Lipinski definition) is 3. The van der Waals surface area contributed by atoms with E-state index >= 15 is 0 Å². The lowest BCUT2D eigenvalue weighted by atomic mass is 9.97. The second-order valence-electron chi connectivity index (χ2n) is 5.53. The van der Waals surface area contributed by atoms with Crippen LogP contribution in [0.4, 0.5) is 4.39 Å². The summed E-state index contributed by atoms with van der Waals surface area (Å²) in [7, 11) is 1.59. The number of rotatable bonds is 8. The number of methoxy groups -OCH3 is 1. The molecule has 0 aliphatic carbocycles. The fourth-order valence-electron chi connectivity index (χ4n) is 3.05. The van der Waals surface area contributed by atoms with Gasteiger partial charge in [-0.1, -0.05) is 13.0 Å². The van der Waals surface area contributed by atoms with Gasteiger partial charge in [0, 0.05) is 18.2 Å². The maximum Gasteiger partial charge on any atom is 0.131 e. The fourth-order valence-corrected chi connectivity index (χ4v) is 3.05. The predicted molar refractivity (Wildman–Crippen MR) is 82.2 cm³/mol. The van der Waals surface area contributed by atoms with Crippen molar-refractivity contribution >= 4 is 0 Å². The van der Waals surface area contributed by atoms with E-state index in [-0.39, 0.29) is 11.9 Å². The molecule has 21 heavy (non-hydrogen) atoms. The summed E-state index contributed by atoms with van der Waals surface area (Å²) >= 11 is 0. The van der Waals surface area contributed by atoms with E-state index in [0.29, 0.717) is 17.4 Å². The molecule has 2 unspecified atom stereocenters. The standard InChI is InChI=1S/C17H26FNO2/c1-3-19-15(10-4-7-13-8-6-12-21-13)17-14(18)9-5-11-16(17)20-2/h5,9,11,13,15,19H,3-4,6-8,10,12H2,1-2H3. The first-order valence-corrected chi connectivity index (χ1v) is 7.93. The Hall–Kier alpha value is -1.13. The highest BCUT2D eigenvalue weighted by atomic mass is 19.1. The minimum absolute atomic E-state index is 0.00690. The smallest absolute Gasteiger partial charge is 0.131 e. The van der Waals surface area contributed by atoms with Crippen molar-refractivity contribution in [3.63, 3.8) is 0 Å². The third kappa shape index (κ3) is 4.42. The summed E-state index contributed by atoms with van der Waals surface area (Å²) in [5.41, 5.74) is 0.647. The van der Waals surface area contributed by atoms with Crippen LogP contribution in [0.15, 0.2) is 18.2 Å². The molecule has 4 heteroatoms. The Morgan fingerprint density at radius 1 is 1.48 bits per heavy atom. The van der Waals surface area contributed by atoms with Gasteiger partial charge in [-0.2, -0.15) is 0 Å².